The summed E-state index contributed by atoms with van der Waals surface area (Å²) in [5.41, 5.74) is 1.08. The van der Waals surface area contributed by atoms with Gasteiger partial charge in [-0.3, -0.25) is 14.9 Å². The highest BCUT2D eigenvalue weighted by molar-refractivity contribution is 6.05. The summed E-state index contributed by atoms with van der Waals surface area (Å²) in [5.74, 6) is -0.777. The minimum atomic E-state index is -1.12. The van der Waals surface area contributed by atoms with Crippen LogP contribution in [0.5, 0.6) is 0 Å². The SMILES string of the molecule is O=C(CCC(O)c1ncccc1F)c1n[nH]c2ccccc12. The van der Waals surface area contributed by atoms with Crippen LogP contribution in [0, 0.1) is 5.82 Å². The Bertz CT molecular complexity index is 816. The van der Waals surface area contributed by atoms with E-state index in [2.05, 4.69) is 15.2 Å². The van der Waals surface area contributed by atoms with Crippen molar-refractivity contribution in [1.82, 2.24) is 15.2 Å². The maximum Gasteiger partial charge on any atom is 0.183 e. The van der Waals surface area contributed by atoms with Gasteiger partial charge < -0.3 is 5.11 Å². The van der Waals surface area contributed by atoms with Gasteiger partial charge in [-0.2, -0.15) is 5.10 Å². The molecule has 5 nitrogen and oxygen atoms in total. The van der Waals surface area contributed by atoms with E-state index < -0.39 is 11.9 Å². The minimum absolute atomic E-state index is 0.0396. The molecule has 0 aliphatic heterocycles. The Balaban J connectivity index is 1.71. The average molecular weight is 299 g/mol. The third kappa shape index (κ3) is 2.73. The van der Waals surface area contributed by atoms with Gasteiger partial charge >= 0.3 is 0 Å². The molecule has 0 aliphatic carbocycles. The van der Waals surface area contributed by atoms with Gasteiger partial charge in [0, 0.05) is 18.0 Å². The lowest BCUT2D eigenvalue weighted by atomic mass is 10.0. The van der Waals surface area contributed by atoms with Gasteiger partial charge in [0.25, 0.3) is 0 Å². The summed E-state index contributed by atoms with van der Waals surface area (Å²) < 4.78 is 13.5. The number of Topliss-reactive ketones (excluding diaryl/α,β-unsaturated/α-hetero) is 1. The normalized spacial score (nSPS) is 12.5. The number of ketones is 1. The molecule has 0 saturated carbocycles. The molecule has 0 radical (unpaired) electrons. The molecule has 0 amide bonds. The third-order valence-electron chi connectivity index (χ3n) is 3.48. The molecule has 2 aromatic heterocycles. The number of aliphatic hydroxyl groups excluding tert-OH is 1. The first kappa shape index (κ1) is 14.3. The topological polar surface area (TPSA) is 78.9 Å². The number of halogens is 1. The van der Waals surface area contributed by atoms with Crippen LogP contribution >= 0.6 is 0 Å². The Hall–Kier alpha value is -2.60. The van der Waals surface area contributed by atoms with Crippen LogP contribution in [0.3, 0.4) is 0 Å². The van der Waals surface area contributed by atoms with Gasteiger partial charge in [0.1, 0.15) is 17.2 Å². The summed E-state index contributed by atoms with van der Waals surface area (Å²) in [6.07, 6.45) is 0.445. The number of fused-ring (bicyclic) bond motifs is 1. The lowest BCUT2D eigenvalue weighted by Gasteiger charge is -2.09. The van der Waals surface area contributed by atoms with Crippen LogP contribution in [0.2, 0.25) is 0 Å². The van der Waals surface area contributed by atoms with E-state index in [1.807, 2.05) is 18.2 Å². The molecule has 3 aromatic rings. The molecular formula is C16H14FN3O2. The Labute approximate surface area is 125 Å². The maximum atomic E-state index is 13.5. The standard InChI is InChI=1S/C16H14FN3O2/c17-11-5-3-9-18-16(11)14(22)8-7-13(21)15-10-4-1-2-6-12(10)19-20-15/h1-6,9,14,22H,7-8H2,(H,19,20). The van der Waals surface area contributed by atoms with E-state index in [0.29, 0.717) is 5.69 Å². The first-order chi connectivity index (χ1) is 10.7. The number of rotatable bonds is 5. The quantitative estimate of drug-likeness (QED) is 0.710. The second-order valence-electron chi connectivity index (χ2n) is 4.97. The zero-order chi connectivity index (χ0) is 15.5. The molecule has 0 saturated heterocycles. The highest BCUT2D eigenvalue weighted by Gasteiger charge is 2.18. The molecule has 0 aliphatic rings. The second-order valence-corrected chi connectivity index (χ2v) is 4.97. The summed E-state index contributed by atoms with van der Waals surface area (Å²) in [4.78, 5) is 16.0. The predicted octanol–water partition coefficient (Wildman–Crippen LogP) is 2.79. The molecule has 112 valence electrons. The van der Waals surface area contributed by atoms with Crippen LogP contribution in [0.1, 0.15) is 35.1 Å². The predicted molar refractivity (Wildman–Crippen MR) is 78.8 cm³/mol. The van der Waals surface area contributed by atoms with Crippen LogP contribution < -0.4 is 0 Å². The van der Waals surface area contributed by atoms with E-state index >= 15 is 0 Å². The number of para-hydroxylation sites is 1. The maximum absolute atomic E-state index is 13.5. The van der Waals surface area contributed by atoms with Gasteiger partial charge in [-0.05, 0) is 24.6 Å². The summed E-state index contributed by atoms with van der Waals surface area (Å²) in [5, 5.41) is 17.5. The van der Waals surface area contributed by atoms with Crippen molar-refractivity contribution in [3.05, 3.63) is 59.8 Å². The first-order valence-electron chi connectivity index (χ1n) is 6.91. The number of nitrogens with one attached hydrogen (secondary N) is 1. The number of aromatic nitrogens is 3. The van der Waals surface area contributed by atoms with Gasteiger partial charge in [-0.25, -0.2) is 4.39 Å². The molecule has 0 fully saturated rings. The van der Waals surface area contributed by atoms with Crippen molar-refractivity contribution in [2.45, 2.75) is 18.9 Å². The summed E-state index contributed by atoms with van der Waals surface area (Å²) in [6, 6.07) is 9.99. The Morgan fingerprint density at radius 1 is 1.27 bits per heavy atom. The molecule has 22 heavy (non-hydrogen) atoms. The van der Waals surface area contributed by atoms with Crippen LogP contribution in [0.15, 0.2) is 42.6 Å². The highest BCUT2D eigenvalue weighted by atomic mass is 19.1. The summed E-state index contributed by atoms with van der Waals surface area (Å²) >= 11 is 0. The molecule has 0 spiro atoms. The monoisotopic (exact) mass is 299 g/mol. The van der Waals surface area contributed by atoms with Crippen molar-refractivity contribution in [3.63, 3.8) is 0 Å². The van der Waals surface area contributed by atoms with Crippen molar-refractivity contribution in [1.29, 1.82) is 0 Å². The van der Waals surface area contributed by atoms with Gasteiger partial charge in [-0.15, -0.1) is 0 Å². The van der Waals surface area contributed by atoms with E-state index in [-0.39, 0.29) is 24.3 Å². The number of aliphatic hydroxyl groups is 1. The zero-order valence-electron chi connectivity index (χ0n) is 11.7. The minimum Gasteiger partial charge on any atom is -0.387 e. The van der Waals surface area contributed by atoms with Crippen LogP contribution in [-0.4, -0.2) is 26.1 Å². The Kier molecular flexibility index (Phi) is 3.93. The fourth-order valence-electron chi connectivity index (χ4n) is 2.34. The molecule has 1 atom stereocenters. The number of hydrogen-bond donors (Lipinski definition) is 2. The van der Waals surface area contributed by atoms with Gasteiger partial charge in [-0.1, -0.05) is 18.2 Å². The van der Waals surface area contributed by atoms with Gasteiger partial charge in [0.15, 0.2) is 5.78 Å². The van der Waals surface area contributed by atoms with Crippen LogP contribution in [0.25, 0.3) is 10.9 Å². The van der Waals surface area contributed by atoms with E-state index in [1.54, 1.807) is 6.07 Å². The third-order valence-corrected chi connectivity index (χ3v) is 3.48. The largest absolute Gasteiger partial charge is 0.387 e. The van der Waals surface area contributed by atoms with E-state index in [1.165, 1.54) is 18.3 Å². The van der Waals surface area contributed by atoms with Crippen molar-refractivity contribution >= 4 is 16.7 Å². The smallest absolute Gasteiger partial charge is 0.183 e. The number of pyridine rings is 1. The molecule has 2 heterocycles. The van der Waals surface area contributed by atoms with Crippen LogP contribution in [0.4, 0.5) is 4.39 Å². The number of carbonyl (C=O) groups excluding carboxylic acids is 1. The molecule has 1 aromatic carbocycles. The number of H-pyrrole nitrogens is 1. The summed E-state index contributed by atoms with van der Waals surface area (Å²) in [7, 11) is 0. The van der Waals surface area contributed by atoms with Gasteiger partial charge in [0.05, 0.1) is 11.6 Å². The number of hydrogen-bond acceptors (Lipinski definition) is 4. The molecule has 1 unspecified atom stereocenters. The second kappa shape index (κ2) is 6.03. The van der Waals surface area contributed by atoms with Crippen molar-refractivity contribution in [3.8, 4) is 0 Å². The van der Waals surface area contributed by atoms with E-state index in [4.69, 9.17) is 0 Å². The molecule has 2 N–H and O–H groups in total. The first-order valence-corrected chi connectivity index (χ1v) is 6.91. The fraction of sp³-hybridized carbons (Fsp3) is 0.188. The number of benzene rings is 1. The van der Waals surface area contributed by atoms with E-state index in [9.17, 15) is 14.3 Å². The Morgan fingerprint density at radius 2 is 2.09 bits per heavy atom. The number of aromatic amines is 1. The molecule has 0 bridgehead atoms. The number of carbonyl (C=O) groups is 1. The van der Waals surface area contributed by atoms with Crippen molar-refractivity contribution < 1.29 is 14.3 Å². The summed E-state index contributed by atoms with van der Waals surface area (Å²) in [6.45, 7) is 0. The number of nitrogens with zero attached hydrogens (tertiary/aromatic N) is 2. The zero-order valence-corrected chi connectivity index (χ0v) is 11.7. The average Bonchev–Trinajstić information content (AvgIpc) is 2.97. The lowest BCUT2D eigenvalue weighted by molar-refractivity contribution is 0.0931. The highest BCUT2D eigenvalue weighted by Crippen LogP contribution is 2.22. The fourth-order valence-corrected chi connectivity index (χ4v) is 2.34. The molecule has 3 rings (SSSR count). The lowest BCUT2D eigenvalue weighted by Crippen LogP contribution is -2.07. The van der Waals surface area contributed by atoms with Crippen molar-refractivity contribution in [2.75, 3.05) is 0 Å². The molecule has 6 heteroatoms. The van der Waals surface area contributed by atoms with Gasteiger partial charge in [0.2, 0.25) is 0 Å². The van der Waals surface area contributed by atoms with E-state index in [0.717, 1.165) is 10.9 Å². The van der Waals surface area contributed by atoms with Crippen molar-refractivity contribution in [2.24, 2.45) is 0 Å². The Morgan fingerprint density at radius 3 is 2.91 bits per heavy atom. The molecular weight excluding hydrogens is 285 g/mol. The van der Waals surface area contributed by atoms with Crippen LogP contribution in [-0.2, 0) is 0 Å².